The highest BCUT2D eigenvalue weighted by atomic mass is 28.3. The average molecular weight is 604 g/mol. The zero-order chi connectivity index (χ0) is 30.7. The minimum Gasteiger partial charge on any atom is -0.481 e. The zero-order valence-electron chi connectivity index (χ0n) is 25.8. The molecule has 12 heteroatoms. The first kappa shape index (κ1) is 32.1. The van der Waals surface area contributed by atoms with Crippen molar-refractivity contribution in [2.45, 2.75) is 102 Å². The number of nitrogens with one attached hydrogen (secondary N) is 1. The molecule has 0 radical (unpaired) electrons. The van der Waals surface area contributed by atoms with Crippen LogP contribution in [0.4, 0.5) is 4.39 Å². The quantitative estimate of drug-likeness (QED) is 0.304. The van der Waals surface area contributed by atoms with E-state index in [4.69, 9.17) is 9.47 Å². The van der Waals surface area contributed by atoms with Gasteiger partial charge in [-0.1, -0.05) is 19.6 Å². The summed E-state index contributed by atoms with van der Waals surface area (Å²) in [6.45, 7) is 11.6. The Hall–Kier alpha value is -2.83. The summed E-state index contributed by atoms with van der Waals surface area (Å²) in [7, 11) is 0.151. The van der Waals surface area contributed by atoms with Crippen molar-refractivity contribution in [1.82, 2.24) is 25.0 Å². The van der Waals surface area contributed by atoms with Crippen LogP contribution in [0.15, 0.2) is 18.3 Å². The molecule has 3 heterocycles. The Morgan fingerprint density at radius 3 is 2.57 bits per heavy atom. The highest BCUT2D eigenvalue weighted by Crippen LogP contribution is 2.31. The number of halogens is 1. The molecule has 0 spiro atoms. The van der Waals surface area contributed by atoms with Crippen LogP contribution in [0.25, 0.3) is 11.3 Å². The van der Waals surface area contributed by atoms with Gasteiger partial charge >= 0.3 is 0 Å². The van der Waals surface area contributed by atoms with Gasteiger partial charge in [0.2, 0.25) is 11.8 Å². The Bertz CT molecular complexity index is 1250. The van der Waals surface area contributed by atoms with Crippen LogP contribution >= 0.6 is 0 Å². The number of hydrogen-bond donors (Lipinski definition) is 2. The minimum atomic E-state index is -1.31. The van der Waals surface area contributed by atoms with Gasteiger partial charge in [-0.05, 0) is 64.5 Å². The molecule has 2 N–H and O–H groups in total. The summed E-state index contributed by atoms with van der Waals surface area (Å²) in [5.41, 5.74) is 0.162. The monoisotopic (exact) mass is 603 g/mol. The first-order chi connectivity index (χ1) is 19.8. The van der Waals surface area contributed by atoms with Crippen molar-refractivity contribution < 1.29 is 28.6 Å². The van der Waals surface area contributed by atoms with Crippen LogP contribution in [-0.2, 0) is 16.3 Å². The van der Waals surface area contributed by atoms with E-state index >= 15 is 0 Å². The summed E-state index contributed by atoms with van der Waals surface area (Å²) in [5, 5.41) is 17.9. The first-order valence-electron chi connectivity index (χ1n) is 15.0. The van der Waals surface area contributed by atoms with Gasteiger partial charge in [0.15, 0.2) is 11.5 Å². The fourth-order valence-corrected chi connectivity index (χ4v) is 6.41. The highest BCUT2D eigenvalue weighted by Gasteiger charge is 2.36. The maximum atomic E-state index is 14.9. The number of hydrogen-bond acceptors (Lipinski definition) is 7. The van der Waals surface area contributed by atoms with Crippen LogP contribution in [0.2, 0.25) is 25.7 Å². The third kappa shape index (κ3) is 8.16. The molecule has 1 saturated heterocycles. The van der Waals surface area contributed by atoms with Gasteiger partial charge in [0.05, 0.1) is 24.6 Å². The number of rotatable bonds is 10. The Balaban J connectivity index is 1.46. The van der Waals surface area contributed by atoms with Gasteiger partial charge in [0.1, 0.15) is 6.73 Å². The second kappa shape index (κ2) is 13.2. The molecule has 2 atom stereocenters. The standard InChI is InChI=1S/C30H46FN5O5Si/c1-20-15-21(28(37)33-22-7-10-30(2,39)11-8-22)9-12-35(20)29(38)25-17-26(23-16-27(40-3)32-18-24(23)31)36(34-25)19-41-13-14-42(4,5)6/h16-18,20-22,39H,7-15,19H2,1-6H3,(H,33,37)/t20?,21?,22-,30-. The van der Waals surface area contributed by atoms with Crippen molar-refractivity contribution >= 4 is 19.9 Å². The van der Waals surface area contributed by atoms with E-state index in [9.17, 15) is 19.1 Å². The van der Waals surface area contributed by atoms with Crippen molar-refractivity contribution in [1.29, 1.82) is 0 Å². The number of likely N-dealkylation sites (tertiary alicyclic amines) is 1. The second-order valence-corrected chi connectivity index (χ2v) is 18.9. The zero-order valence-corrected chi connectivity index (χ0v) is 26.8. The van der Waals surface area contributed by atoms with Crippen molar-refractivity contribution in [3.63, 3.8) is 0 Å². The predicted molar refractivity (Wildman–Crippen MR) is 160 cm³/mol. The SMILES string of the molecule is COc1cc(-c2cc(C(=O)N3CCC(C(=O)N[C@H]4CC[C@](C)(O)CC4)CC3C)nn2COCC[Si](C)(C)C)c(F)cn1. The Morgan fingerprint density at radius 2 is 1.93 bits per heavy atom. The number of aromatic nitrogens is 3. The lowest BCUT2D eigenvalue weighted by atomic mass is 9.83. The number of nitrogens with zero attached hydrogens (tertiary/aromatic N) is 4. The molecule has 1 aliphatic heterocycles. The molecular weight excluding hydrogens is 557 g/mol. The summed E-state index contributed by atoms with van der Waals surface area (Å²) < 4.78 is 27.6. The maximum absolute atomic E-state index is 14.9. The number of carbonyl (C=O) groups is 2. The summed E-state index contributed by atoms with van der Waals surface area (Å²) in [5.74, 6) is -0.735. The molecule has 2 amide bonds. The van der Waals surface area contributed by atoms with E-state index in [1.807, 2.05) is 13.8 Å². The van der Waals surface area contributed by atoms with Crippen LogP contribution in [0, 0.1) is 11.7 Å². The molecule has 1 aliphatic carbocycles. The normalized spacial score (nSPS) is 24.9. The largest absolute Gasteiger partial charge is 0.481 e. The van der Waals surface area contributed by atoms with E-state index in [0.29, 0.717) is 44.5 Å². The first-order valence-corrected chi connectivity index (χ1v) is 18.7. The smallest absolute Gasteiger partial charge is 0.274 e. The van der Waals surface area contributed by atoms with E-state index in [-0.39, 0.29) is 53.7 Å². The summed E-state index contributed by atoms with van der Waals surface area (Å²) >= 11 is 0. The summed E-state index contributed by atoms with van der Waals surface area (Å²) in [4.78, 5) is 32.4. The molecule has 0 bridgehead atoms. The number of amides is 2. The summed E-state index contributed by atoms with van der Waals surface area (Å²) in [6.07, 6.45) is 5.07. The number of pyridine rings is 1. The van der Waals surface area contributed by atoms with Gasteiger partial charge in [0.25, 0.3) is 5.91 Å². The molecule has 2 fully saturated rings. The second-order valence-electron chi connectivity index (χ2n) is 13.3. The van der Waals surface area contributed by atoms with E-state index in [0.717, 1.165) is 25.1 Å². The predicted octanol–water partition coefficient (Wildman–Crippen LogP) is 4.46. The molecule has 10 nitrogen and oxygen atoms in total. The number of ether oxygens (including phenoxy) is 2. The van der Waals surface area contributed by atoms with Crippen molar-refractivity contribution in [2.75, 3.05) is 20.3 Å². The third-order valence-electron chi connectivity index (χ3n) is 8.44. The van der Waals surface area contributed by atoms with Crippen molar-refractivity contribution in [3.05, 3.63) is 29.8 Å². The Kier molecular flexibility index (Phi) is 10.1. The van der Waals surface area contributed by atoms with Crippen LogP contribution in [0.5, 0.6) is 5.88 Å². The fraction of sp³-hybridized carbons (Fsp3) is 0.667. The number of piperidine rings is 1. The fourth-order valence-electron chi connectivity index (χ4n) is 5.66. The lowest BCUT2D eigenvalue weighted by Crippen LogP contribution is -2.50. The molecular formula is C30H46FN5O5Si. The van der Waals surface area contributed by atoms with Gasteiger partial charge in [-0.2, -0.15) is 5.10 Å². The van der Waals surface area contributed by atoms with Crippen molar-refractivity contribution in [3.8, 4) is 17.1 Å². The van der Waals surface area contributed by atoms with E-state index in [2.05, 4.69) is 35.0 Å². The number of aliphatic hydroxyl groups is 1. The third-order valence-corrected chi connectivity index (χ3v) is 10.1. The lowest BCUT2D eigenvalue weighted by Gasteiger charge is -2.38. The van der Waals surface area contributed by atoms with Crippen LogP contribution in [0.1, 0.15) is 62.9 Å². The molecule has 2 aliphatic rings. The number of methoxy groups -OCH3 is 1. The van der Waals surface area contributed by atoms with Gasteiger partial charge in [-0.25, -0.2) is 14.1 Å². The molecule has 42 heavy (non-hydrogen) atoms. The van der Waals surface area contributed by atoms with E-state index in [1.54, 1.807) is 11.0 Å². The van der Waals surface area contributed by atoms with Gasteiger partial charge in [0, 0.05) is 50.9 Å². The van der Waals surface area contributed by atoms with Crippen LogP contribution < -0.4 is 10.1 Å². The molecule has 232 valence electrons. The van der Waals surface area contributed by atoms with Gasteiger partial charge < -0.3 is 24.8 Å². The molecule has 1 saturated carbocycles. The molecule has 4 rings (SSSR count). The molecule has 2 aromatic rings. The van der Waals surface area contributed by atoms with Crippen LogP contribution in [-0.4, -0.2) is 82.6 Å². The molecule has 2 aromatic heterocycles. The molecule has 0 aromatic carbocycles. The molecule has 2 unspecified atom stereocenters. The minimum absolute atomic E-state index is 0.0182. The number of carbonyl (C=O) groups excluding carboxylic acids is 2. The van der Waals surface area contributed by atoms with E-state index < -0.39 is 19.5 Å². The van der Waals surface area contributed by atoms with E-state index in [1.165, 1.54) is 17.9 Å². The van der Waals surface area contributed by atoms with Gasteiger partial charge in [-0.3, -0.25) is 9.59 Å². The average Bonchev–Trinajstić information content (AvgIpc) is 3.35. The lowest BCUT2D eigenvalue weighted by molar-refractivity contribution is -0.128. The Morgan fingerprint density at radius 1 is 1.21 bits per heavy atom. The van der Waals surface area contributed by atoms with Gasteiger partial charge in [-0.15, -0.1) is 0 Å². The maximum Gasteiger partial charge on any atom is 0.274 e. The van der Waals surface area contributed by atoms with Crippen LogP contribution in [0.3, 0.4) is 0 Å². The summed E-state index contributed by atoms with van der Waals surface area (Å²) in [6, 6.07) is 3.95. The van der Waals surface area contributed by atoms with Crippen molar-refractivity contribution in [2.24, 2.45) is 5.92 Å². The highest BCUT2D eigenvalue weighted by molar-refractivity contribution is 6.76. The topological polar surface area (TPSA) is 119 Å². The Labute approximate surface area is 249 Å².